The molecular formula is C17H21N. The normalized spacial score (nSPS) is 13.6. The van der Waals surface area contributed by atoms with Gasteiger partial charge in [0.2, 0.25) is 0 Å². The van der Waals surface area contributed by atoms with Crippen molar-refractivity contribution in [1.82, 2.24) is 0 Å². The molecule has 1 atom stereocenters. The molecule has 0 aliphatic rings. The summed E-state index contributed by atoms with van der Waals surface area (Å²) in [5, 5.41) is 0. The summed E-state index contributed by atoms with van der Waals surface area (Å²) in [6.45, 7) is 11.9. The van der Waals surface area contributed by atoms with Crippen LogP contribution in [0.2, 0.25) is 0 Å². The van der Waals surface area contributed by atoms with Crippen LogP contribution in [0.3, 0.4) is 0 Å². The Kier molecular flexibility index (Phi) is 5.86. The van der Waals surface area contributed by atoms with Gasteiger partial charge in [-0.15, -0.1) is 0 Å². The third kappa shape index (κ3) is 4.17. The first-order valence-corrected chi connectivity index (χ1v) is 6.27. The van der Waals surface area contributed by atoms with E-state index in [1.165, 1.54) is 0 Å². The molecule has 0 heterocycles. The second-order valence-electron chi connectivity index (χ2n) is 4.19. The highest BCUT2D eigenvalue weighted by Crippen LogP contribution is 2.17. The Morgan fingerprint density at radius 3 is 2.56 bits per heavy atom. The van der Waals surface area contributed by atoms with Crippen molar-refractivity contribution in [3.63, 3.8) is 0 Å². The van der Waals surface area contributed by atoms with Crippen molar-refractivity contribution in [3.8, 4) is 0 Å². The Morgan fingerprint density at radius 2 is 2.00 bits per heavy atom. The summed E-state index contributed by atoms with van der Waals surface area (Å²) >= 11 is 0. The van der Waals surface area contributed by atoms with Crippen LogP contribution in [0, 0.1) is 5.92 Å². The van der Waals surface area contributed by atoms with Crippen molar-refractivity contribution in [2.75, 3.05) is 0 Å². The van der Waals surface area contributed by atoms with E-state index in [2.05, 4.69) is 43.3 Å². The Labute approximate surface area is 110 Å². The highest BCUT2D eigenvalue weighted by molar-refractivity contribution is 5.99. The van der Waals surface area contributed by atoms with E-state index in [1.54, 1.807) is 6.08 Å². The lowest BCUT2D eigenvalue weighted by molar-refractivity contribution is 0.721. The molecule has 0 bridgehead atoms. The number of allylic oxidation sites excluding steroid dienone is 3. The average Bonchev–Trinajstić information content (AvgIpc) is 2.40. The first kappa shape index (κ1) is 14.2. The van der Waals surface area contributed by atoms with Crippen LogP contribution in [0.4, 0.5) is 0 Å². The van der Waals surface area contributed by atoms with Crippen molar-refractivity contribution in [3.05, 3.63) is 73.0 Å². The van der Waals surface area contributed by atoms with E-state index in [0.717, 1.165) is 23.4 Å². The molecule has 1 unspecified atom stereocenters. The van der Waals surface area contributed by atoms with Gasteiger partial charge in [0.15, 0.2) is 0 Å². The Balaban J connectivity index is 2.84. The standard InChI is InChI=1S/C17H21N/c1-5-7-11-16(6-2)14(3)18-15(4)17-12-9-8-10-13-17/h5,7-13,16H,1,3,6H2,2,4H3/b11-7-,18-15+. The average molecular weight is 239 g/mol. The Bertz CT molecular complexity index is 452. The minimum atomic E-state index is 0.279. The molecule has 1 aromatic carbocycles. The Morgan fingerprint density at radius 1 is 1.33 bits per heavy atom. The van der Waals surface area contributed by atoms with Crippen LogP contribution in [0.15, 0.2) is 72.4 Å². The van der Waals surface area contributed by atoms with Gasteiger partial charge in [0, 0.05) is 17.3 Å². The number of hydrogen-bond acceptors (Lipinski definition) is 1. The molecule has 94 valence electrons. The molecule has 0 N–H and O–H groups in total. The summed E-state index contributed by atoms with van der Waals surface area (Å²) in [4.78, 5) is 4.61. The van der Waals surface area contributed by atoms with Crippen LogP contribution < -0.4 is 0 Å². The zero-order valence-corrected chi connectivity index (χ0v) is 11.3. The van der Waals surface area contributed by atoms with E-state index in [1.807, 2.05) is 31.2 Å². The summed E-state index contributed by atoms with van der Waals surface area (Å²) in [6, 6.07) is 10.2. The van der Waals surface area contributed by atoms with E-state index in [4.69, 9.17) is 0 Å². The first-order chi connectivity index (χ1) is 8.69. The minimum absolute atomic E-state index is 0.279. The molecule has 1 heteroatoms. The molecule has 1 nitrogen and oxygen atoms in total. The zero-order valence-electron chi connectivity index (χ0n) is 11.3. The van der Waals surface area contributed by atoms with Crippen LogP contribution >= 0.6 is 0 Å². The Hall–Kier alpha value is -1.89. The number of benzene rings is 1. The highest BCUT2D eigenvalue weighted by atomic mass is 14.8. The predicted molar refractivity (Wildman–Crippen MR) is 80.9 cm³/mol. The van der Waals surface area contributed by atoms with Crippen LogP contribution in [0.25, 0.3) is 0 Å². The molecule has 18 heavy (non-hydrogen) atoms. The third-order valence-corrected chi connectivity index (χ3v) is 2.85. The van der Waals surface area contributed by atoms with E-state index < -0.39 is 0 Å². The van der Waals surface area contributed by atoms with Gasteiger partial charge in [-0.1, -0.05) is 68.6 Å². The second-order valence-corrected chi connectivity index (χ2v) is 4.19. The monoisotopic (exact) mass is 239 g/mol. The molecule has 0 amide bonds. The molecule has 0 fully saturated rings. The van der Waals surface area contributed by atoms with Gasteiger partial charge in [-0.2, -0.15) is 0 Å². The molecule has 0 saturated carbocycles. The maximum absolute atomic E-state index is 4.61. The van der Waals surface area contributed by atoms with Gasteiger partial charge in [-0.25, -0.2) is 0 Å². The molecular weight excluding hydrogens is 218 g/mol. The van der Waals surface area contributed by atoms with Crippen molar-refractivity contribution in [2.24, 2.45) is 10.9 Å². The fourth-order valence-electron chi connectivity index (χ4n) is 1.74. The molecule has 0 spiro atoms. The van der Waals surface area contributed by atoms with Crippen LogP contribution in [-0.4, -0.2) is 5.71 Å². The summed E-state index contributed by atoms with van der Waals surface area (Å²) < 4.78 is 0. The lowest BCUT2D eigenvalue weighted by Crippen LogP contribution is -2.01. The molecule has 0 aromatic heterocycles. The summed E-state index contributed by atoms with van der Waals surface area (Å²) in [5.41, 5.74) is 3.05. The quantitative estimate of drug-likeness (QED) is 0.500. The topological polar surface area (TPSA) is 12.4 Å². The number of hydrogen-bond donors (Lipinski definition) is 0. The lowest BCUT2D eigenvalue weighted by Gasteiger charge is -2.10. The van der Waals surface area contributed by atoms with Gasteiger partial charge in [0.25, 0.3) is 0 Å². The van der Waals surface area contributed by atoms with Gasteiger partial charge in [0.05, 0.1) is 0 Å². The van der Waals surface area contributed by atoms with Gasteiger partial charge in [-0.3, -0.25) is 4.99 Å². The highest BCUT2D eigenvalue weighted by Gasteiger charge is 2.06. The second kappa shape index (κ2) is 7.44. The van der Waals surface area contributed by atoms with E-state index >= 15 is 0 Å². The minimum Gasteiger partial charge on any atom is -0.258 e. The van der Waals surface area contributed by atoms with Crippen LogP contribution in [-0.2, 0) is 0 Å². The van der Waals surface area contributed by atoms with Gasteiger partial charge >= 0.3 is 0 Å². The number of rotatable bonds is 6. The summed E-state index contributed by atoms with van der Waals surface area (Å²) in [5.74, 6) is 0.279. The largest absolute Gasteiger partial charge is 0.258 e. The van der Waals surface area contributed by atoms with Crippen molar-refractivity contribution in [2.45, 2.75) is 20.3 Å². The van der Waals surface area contributed by atoms with Crippen LogP contribution in [0.5, 0.6) is 0 Å². The SMILES string of the molecule is C=C/C=C\C(CC)C(=C)/N=C(\C)c1ccccc1. The van der Waals surface area contributed by atoms with Crippen LogP contribution in [0.1, 0.15) is 25.8 Å². The molecule has 0 radical (unpaired) electrons. The van der Waals surface area contributed by atoms with E-state index in [9.17, 15) is 0 Å². The maximum Gasteiger partial charge on any atom is 0.0448 e. The van der Waals surface area contributed by atoms with Crippen molar-refractivity contribution < 1.29 is 0 Å². The number of nitrogens with zero attached hydrogens (tertiary/aromatic N) is 1. The first-order valence-electron chi connectivity index (χ1n) is 6.27. The molecule has 0 aliphatic heterocycles. The smallest absolute Gasteiger partial charge is 0.0448 e. The number of aliphatic imine (C=N–C) groups is 1. The zero-order chi connectivity index (χ0) is 13.4. The molecule has 0 aliphatic carbocycles. The third-order valence-electron chi connectivity index (χ3n) is 2.85. The fourth-order valence-corrected chi connectivity index (χ4v) is 1.74. The van der Waals surface area contributed by atoms with E-state index in [0.29, 0.717) is 0 Å². The summed E-state index contributed by atoms with van der Waals surface area (Å²) in [7, 11) is 0. The molecule has 1 aromatic rings. The van der Waals surface area contributed by atoms with Gasteiger partial charge in [0.1, 0.15) is 0 Å². The van der Waals surface area contributed by atoms with Crippen molar-refractivity contribution >= 4 is 5.71 Å². The molecule has 1 rings (SSSR count). The lowest BCUT2D eigenvalue weighted by atomic mass is 10.0. The fraction of sp³-hybridized carbons (Fsp3) is 0.235. The maximum atomic E-state index is 4.61. The van der Waals surface area contributed by atoms with E-state index in [-0.39, 0.29) is 5.92 Å². The van der Waals surface area contributed by atoms with Gasteiger partial charge < -0.3 is 0 Å². The van der Waals surface area contributed by atoms with Crippen molar-refractivity contribution in [1.29, 1.82) is 0 Å². The summed E-state index contributed by atoms with van der Waals surface area (Å²) in [6.07, 6.45) is 6.82. The molecule has 0 saturated heterocycles. The van der Waals surface area contributed by atoms with Gasteiger partial charge in [-0.05, 0) is 18.9 Å². The predicted octanol–water partition coefficient (Wildman–Crippen LogP) is 4.78.